The largest absolute Gasteiger partial charge is 0.311 e. The molecule has 13 rings (SSSR count). The summed E-state index contributed by atoms with van der Waals surface area (Å²) in [5, 5.41) is 0. The van der Waals surface area contributed by atoms with Gasteiger partial charge >= 0.3 is 0 Å². The van der Waals surface area contributed by atoms with Gasteiger partial charge in [0.2, 0.25) is 0 Å². The number of hydrogen-bond acceptors (Lipinski definition) is 2. The van der Waals surface area contributed by atoms with Gasteiger partial charge in [-0.15, -0.1) is 0 Å². The molecule has 0 saturated carbocycles. The fourth-order valence-corrected chi connectivity index (χ4v) is 11.8. The average Bonchev–Trinajstić information content (AvgIpc) is 3.99. The van der Waals surface area contributed by atoms with E-state index in [1.54, 1.807) is 0 Å². The first-order chi connectivity index (χ1) is 37.7. The van der Waals surface area contributed by atoms with Crippen LogP contribution in [0.15, 0.2) is 316 Å². The van der Waals surface area contributed by atoms with Crippen LogP contribution in [0.1, 0.15) is 27.8 Å². The summed E-state index contributed by atoms with van der Waals surface area (Å²) in [7, 11) is 0. The van der Waals surface area contributed by atoms with Crippen LogP contribution < -0.4 is 9.80 Å². The molecular weight excluding hydrogens is 917 g/mol. The van der Waals surface area contributed by atoms with Crippen molar-refractivity contribution in [3.05, 3.63) is 343 Å². The van der Waals surface area contributed by atoms with E-state index in [-0.39, 0.29) is 0 Å². The van der Waals surface area contributed by atoms with E-state index in [2.05, 4.69) is 314 Å². The molecule has 2 heteroatoms. The number of rotatable bonds is 13. The van der Waals surface area contributed by atoms with Crippen LogP contribution in [0.2, 0.25) is 0 Å². The maximum atomic E-state index is 4.24. The summed E-state index contributed by atoms with van der Waals surface area (Å²) in [6.07, 6.45) is 9.35. The van der Waals surface area contributed by atoms with E-state index in [1.165, 1.54) is 83.5 Å². The Labute approximate surface area is 446 Å². The first-order valence-corrected chi connectivity index (χ1v) is 26.2. The lowest BCUT2D eigenvalue weighted by Gasteiger charge is -2.33. The highest BCUT2D eigenvalue weighted by Gasteiger charge is 2.52. The molecular formula is C74H54N2. The second-order valence-corrected chi connectivity index (χ2v) is 19.6. The molecule has 0 bridgehead atoms. The van der Waals surface area contributed by atoms with Crippen LogP contribution in [0.3, 0.4) is 0 Å². The van der Waals surface area contributed by atoms with Crippen LogP contribution in [0.5, 0.6) is 0 Å². The van der Waals surface area contributed by atoms with Crippen molar-refractivity contribution in [2.75, 3.05) is 9.80 Å². The normalized spacial score (nSPS) is 14.0. The molecule has 0 radical (unpaired) electrons. The molecule has 11 aromatic carbocycles. The molecule has 0 fully saturated rings. The second-order valence-electron chi connectivity index (χ2n) is 19.6. The molecule has 2 aliphatic carbocycles. The van der Waals surface area contributed by atoms with Gasteiger partial charge in [-0.3, -0.25) is 0 Å². The molecule has 0 aliphatic heterocycles. The zero-order valence-corrected chi connectivity index (χ0v) is 42.2. The molecule has 11 aromatic rings. The average molecular weight is 971 g/mol. The van der Waals surface area contributed by atoms with Crippen molar-refractivity contribution in [3.63, 3.8) is 0 Å². The fourth-order valence-electron chi connectivity index (χ4n) is 11.8. The highest BCUT2D eigenvalue weighted by atomic mass is 15.2. The van der Waals surface area contributed by atoms with Crippen LogP contribution >= 0.6 is 0 Å². The zero-order chi connectivity index (χ0) is 50.8. The number of hydrogen-bond donors (Lipinski definition) is 0. The van der Waals surface area contributed by atoms with Gasteiger partial charge < -0.3 is 9.80 Å². The maximum Gasteiger partial charge on any atom is 0.0727 e. The predicted octanol–water partition coefficient (Wildman–Crippen LogP) is 19.5. The molecule has 360 valence electrons. The summed E-state index contributed by atoms with van der Waals surface area (Å²) in [5.74, 6) is 0. The standard InChI is InChI=1S/C74H54N2/c1-2-20-60(30-19-23-53-21-7-3-8-22-53)75(61-41-35-57(36-42-61)54-24-9-4-10-25-54)64-47-49-68-66-31-15-17-33-70(66)74(72(68)51-64)71-34-18-16-32-67(71)69-50-48-65(52-73(69)74)76(62-43-37-58(38-44-62)55-26-11-5-12-27-55)63-45-39-59(40-46-63)56-28-13-6-14-29-56/h2-22,24-52H,1,23H2/b30-19-,60-20+. The first kappa shape index (κ1) is 46.1. The van der Waals surface area contributed by atoms with E-state index in [9.17, 15) is 0 Å². The maximum absolute atomic E-state index is 4.24. The van der Waals surface area contributed by atoms with Crippen molar-refractivity contribution < 1.29 is 0 Å². The molecule has 1 unspecified atom stereocenters. The summed E-state index contributed by atoms with van der Waals surface area (Å²) in [5.41, 5.74) is 24.3. The molecule has 0 N–H and O–H groups in total. The van der Waals surface area contributed by atoms with Crippen molar-refractivity contribution in [1.29, 1.82) is 0 Å². The van der Waals surface area contributed by atoms with E-state index < -0.39 is 5.41 Å². The molecule has 0 amide bonds. The third-order valence-corrected chi connectivity index (χ3v) is 15.3. The van der Waals surface area contributed by atoms with Gasteiger partial charge in [0.05, 0.1) is 5.41 Å². The number of benzene rings is 11. The lowest BCUT2D eigenvalue weighted by atomic mass is 9.70. The number of nitrogens with zero attached hydrogens (tertiary/aromatic N) is 2. The van der Waals surface area contributed by atoms with Gasteiger partial charge in [0.25, 0.3) is 0 Å². The lowest BCUT2D eigenvalue weighted by molar-refractivity contribution is 0.793. The quantitative estimate of drug-likeness (QED) is 0.106. The smallest absolute Gasteiger partial charge is 0.0727 e. The van der Waals surface area contributed by atoms with Gasteiger partial charge in [-0.2, -0.15) is 0 Å². The zero-order valence-electron chi connectivity index (χ0n) is 42.2. The Morgan fingerprint density at radius 2 is 0.711 bits per heavy atom. The Morgan fingerprint density at radius 1 is 0.342 bits per heavy atom. The van der Waals surface area contributed by atoms with Gasteiger partial charge in [-0.1, -0.05) is 237 Å². The molecule has 76 heavy (non-hydrogen) atoms. The lowest BCUT2D eigenvalue weighted by Crippen LogP contribution is -2.26. The van der Waals surface area contributed by atoms with Gasteiger partial charge in [0.15, 0.2) is 0 Å². The molecule has 2 aliphatic rings. The molecule has 1 atom stereocenters. The Bertz CT molecular complexity index is 3840. The SMILES string of the molecule is C=C/C=C(\C=C/Cc1ccccc1)N(c1ccc(-c2ccccc2)cc1)c1ccc2c(c1)C1(c3ccccc3-2)c2ccccc2-c2ccc(N(c3ccc(-c4ccccc4)cc3)c3ccc(-c4ccccc4)cc3)cc21. The highest BCUT2D eigenvalue weighted by molar-refractivity contribution is 5.97. The highest BCUT2D eigenvalue weighted by Crippen LogP contribution is 2.64. The minimum atomic E-state index is -0.627. The van der Waals surface area contributed by atoms with E-state index in [0.717, 1.165) is 40.6 Å². The number of fused-ring (bicyclic) bond motifs is 10. The Hall–Kier alpha value is -9.76. The van der Waals surface area contributed by atoms with Gasteiger partial charge in [0.1, 0.15) is 0 Å². The minimum absolute atomic E-state index is 0.627. The third-order valence-electron chi connectivity index (χ3n) is 15.3. The van der Waals surface area contributed by atoms with Crippen molar-refractivity contribution in [2.45, 2.75) is 11.8 Å². The van der Waals surface area contributed by atoms with Gasteiger partial charge in [0, 0.05) is 34.1 Å². The fraction of sp³-hybridized carbons (Fsp3) is 0.0270. The molecule has 0 aromatic heterocycles. The van der Waals surface area contributed by atoms with Gasteiger partial charge in [-0.05, 0) is 163 Å². The van der Waals surface area contributed by atoms with Crippen LogP contribution in [-0.4, -0.2) is 0 Å². The van der Waals surface area contributed by atoms with Crippen LogP contribution in [-0.2, 0) is 11.8 Å². The topological polar surface area (TPSA) is 6.48 Å². The van der Waals surface area contributed by atoms with Crippen LogP contribution in [0.25, 0.3) is 55.6 Å². The van der Waals surface area contributed by atoms with E-state index >= 15 is 0 Å². The molecule has 0 saturated heterocycles. The van der Waals surface area contributed by atoms with Crippen LogP contribution in [0, 0.1) is 0 Å². The second kappa shape index (κ2) is 19.9. The number of anilines is 5. The predicted molar refractivity (Wildman–Crippen MR) is 320 cm³/mol. The summed E-state index contributed by atoms with van der Waals surface area (Å²) >= 11 is 0. The Balaban J connectivity index is 0.997. The molecule has 0 heterocycles. The number of allylic oxidation sites excluding steroid dienone is 4. The van der Waals surface area contributed by atoms with Crippen molar-refractivity contribution in [3.8, 4) is 55.6 Å². The minimum Gasteiger partial charge on any atom is -0.311 e. The molecule has 1 spiro atoms. The van der Waals surface area contributed by atoms with Crippen molar-refractivity contribution in [2.24, 2.45) is 0 Å². The Kier molecular flexibility index (Phi) is 12.1. The summed E-state index contributed by atoms with van der Waals surface area (Å²) in [6.45, 7) is 4.24. The summed E-state index contributed by atoms with van der Waals surface area (Å²) < 4.78 is 0. The summed E-state index contributed by atoms with van der Waals surface area (Å²) in [4.78, 5) is 4.82. The molecule has 2 nitrogen and oxygen atoms in total. The van der Waals surface area contributed by atoms with E-state index in [0.29, 0.717) is 0 Å². The van der Waals surface area contributed by atoms with Crippen molar-refractivity contribution in [1.82, 2.24) is 0 Å². The van der Waals surface area contributed by atoms with E-state index in [4.69, 9.17) is 0 Å². The Morgan fingerprint density at radius 3 is 1.18 bits per heavy atom. The van der Waals surface area contributed by atoms with Crippen molar-refractivity contribution >= 4 is 28.4 Å². The third kappa shape index (κ3) is 8.18. The van der Waals surface area contributed by atoms with E-state index in [1.807, 2.05) is 6.08 Å². The monoisotopic (exact) mass is 970 g/mol. The van der Waals surface area contributed by atoms with Crippen LogP contribution in [0.4, 0.5) is 28.4 Å². The first-order valence-electron chi connectivity index (χ1n) is 26.2. The summed E-state index contributed by atoms with van der Waals surface area (Å²) in [6, 6.07) is 102. The van der Waals surface area contributed by atoms with Gasteiger partial charge in [-0.25, -0.2) is 0 Å².